The number of ketones is 1. The molecule has 2 saturated carbocycles. The van der Waals surface area contributed by atoms with Gasteiger partial charge < -0.3 is 0 Å². The van der Waals surface area contributed by atoms with Crippen LogP contribution in [-0.4, -0.2) is 5.78 Å². The molecule has 0 spiro atoms. The highest BCUT2D eigenvalue weighted by atomic mass is 16.1. The first-order chi connectivity index (χ1) is 11.8. The van der Waals surface area contributed by atoms with Gasteiger partial charge in [-0.15, -0.1) is 0 Å². The smallest absolute Gasteiger partial charge is 0.139 e. The molecule has 1 nitrogen and oxygen atoms in total. The Kier molecular flexibility index (Phi) is 6.46. The van der Waals surface area contributed by atoms with Crippen LogP contribution in [-0.2, 0) is 4.79 Å². The Balaban J connectivity index is 0.000000149. The summed E-state index contributed by atoms with van der Waals surface area (Å²) in [4.78, 5) is 12.2. The van der Waals surface area contributed by atoms with Gasteiger partial charge in [0, 0.05) is 11.8 Å². The fourth-order valence-electron chi connectivity index (χ4n) is 4.24. The van der Waals surface area contributed by atoms with E-state index in [4.69, 9.17) is 0 Å². The van der Waals surface area contributed by atoms with Gasteiger partial charge in [-0.1, -0.05) is 87.1 Å². The molecule has 0 atom stereocenters. The first-order valence-corrected chi connectivity index (χ1v) is 9.82. The maximum atomic E-state index is 12.2. The lowest BCUT2D eigenvalue weighted by Crippen LogP contribution is -2.27. The highest BCUT2D eigenvalue weighted by Gasteiger charge is 2.28. The third-order valence-electron chi connectivity index (χ3n) is 5.67. The molecule has 0 aliphatic heterocycles. The van der Waals surface area contributed by atoms with Crippen molar-refractivity contribution in [2.24, 2.45) is 11.8 Å². The molecule has 0 amide bonds. The largest absolute Gasteiger partial charge is 0.299 e. The van der Waals surface area contributed by atoms with Crippen molar-refractivity contribution in [3.05, 3.63) is 48.5 Å². The molecule has 2 aromatic carbocycles. The van der Waals surface area contributed by atoms with Gasteiger partial charge in [0.15, 0.2) is 0 Å². The topological polar surface area (TPSA) is 17.1 Å². The van der Waals surface area contributed by atoms with Crippen molar-refractivity contribution in [1.82, 2.24) is 0 Å². The van der Waals surface area contributed by atoms with E-state index in [-0.39, 0.29) is 0 Å². The van der Waals surface area contributed by atoms with Crippen LogP contribution in [0.25, 0.3) is 10.8 Å². The van der Waals surface area contributed by atoms with E-state index in [9.17, 15) is 4.79 Å². The second kappa shape index (κ2) is 9.01. The zero-order valence-electron chi connectivity index (χ0n) is 14.8. The number of benzene rings is 2. The predicted octanol–water partition coefficient (Wildman–Crippen LogP) is 6.56. The Morgan fingerprint density at radius 1 is 0.583 bits per heavy atom. The summed E-state index contributed by atoms with van der Waals surface area (Å²) < 4.78 is 0. The number of rotatable bonds is 2. The van der Waals surface area contributed by atoms with Gasteiger partial charge in [0.25, 0.3) is 0 Å². The molecule has 0 radical (unpaired) electrons. The van der Waals surface area contributed by atoms with Crippen molar-refractivity contribution in [2.45, 2.75) is 64.2 Å². The molecule has 2 aliphatic rings. The minimum absolute atomic E-state index is 0.451. The van der Waals surface area contributed by atoms with Crippen LogP contribution in [0.5, 0.6) is 0 Å². The Morgan fingerprint density at radius 3 is 1.25 bits per heavy atom. The molecule has 128 valence electrons. The Morgan fingerprint density at radius 2 is 0.917 bits per heavy atom. The fourth-order valence-corrected chi connectivity index (χ4v) is 4.24. The lowest BCUT2D eigenvalue weighted by molar-refractivity contribution is -0.128. The molecular formula is C23H30O. The minimum Gasteiger partial charge on any atom is -0.299 e. The monoisotopic (exact) mass is 322 g/mol. The Hall–Kier alpha value is -1.63. The summed E-state index contributed by atoms with van der Waals surface area (Å²) in [6, 6.07) is 16.7. The van der Waals surface area contributed by atoms with E-state index >= 15 is 0 Å². The molecule has 0 saturated heterocycles. The average Bonchev–Trinajstić information content (AvgIpc) is 2.69. The van der Waals surface area contributed by atoms with E-state index in [0.717, 1.165) is 0 Å². The summed E-state index contributed by atoms with van der Waals surface area (Å²) in [6.07, 6.45) is 12.6. The van der Waals surface area contributed by atoms with Crippen LogP contribution in [0.15, 0.2) is 48.5 Å². The maximum absolute atomic E-state index is 12.2. The number of hydrogen-bond donors (Lipinski definition) is 0. The molecule has 0 N–H and O–H groups in total. The highest BCUT2D eigenvalue weighted by molar-refractivity contribution is 5.83. The second-order valence-corrected chi connectivity index (χ2v) is 7.42. The Labute approximate surface area is 146 Å². The normalized spacial score (nSPS) is 19.5. The number of carbonyl (C=O) groups is 1. The third-order valence-corrected chi connectivity index (χ3v) is 5.67. The van der Waals surface area contributed by atoms with Gasteiger partial charge in [-0.05, 0) is 36.5 Å². The van der Waals surface area contributed by atoms with E-state index in [1.165, 1.54) is 75.0 Å². The summed E-state index contributed by atoms with van der Waals surface area (Å²) in [5.74, 6) is 1.53. The van der Waals surface area contributed by atoms with E-state index < -0.39 is 0 Å². The molecule has 2 aliphatic carbocycles. The number of Topliss-reactive ketones (excluding diaryl/α,β-unsaturated/α-hetero) is 1. The fraction of sp³-hybridized carbons (Fsp3) is 0.522. The molecule has 2 fully saturated rings. The molecule has 0 heterocycles. The van der Waals surface area contributed by atoms with Crippen molar-refractivity contribution in [3.8, 4) is 0 Å². The van der Waals surface area contributed by atoms with E-state index in [1.807, 2.05) is 0 Å². The number of hydrogen-bond acceptors (Lipinski definition) is 1. The molecular weight excluding hydrogens is 292 g/mol. The molecule has 0 aromatic heterocycles. The molecule has 2 aromatic rings. The summed E-state index contributed by atoms with van der Waals surface area (Å²) in [7, 11) is 0. The zero-order chi connectivity index (χ0) is 16.6. The van der Waals surface area contributed by atoms with Gasteiger partial charge in [0.1, 0.15) is 5.78 Å². The molecule has 0 unspecified atom stereocenters. The molecule has 0 bridgehead atoms. The van der Waals surface area contributed by atoms with Crippen molar-refractivity contribution in [2.75, 3.05) is 0 Å². The van der Waals surface area contributed by atoms with Gasteiger partial charge >= 0.3 is 0 Å². The number of fused-ring (bicyclic) bond motifs is 1. The average molecular weight is 322 g/mol. The lowest BCUT2D eigenvalue weighted by Gasteiger charge is -2.27. The van der Waals surface area contributed by atoms with E-state index in [2.05, 4.69) is 48.5 Å². The Bertz CT molecular complexity index is 548. The number of carbonyl (C=O) groups excluding carboxylic acids is 1. The summed E-state index contributed by atoms with van der Waals surface area (Å²) in [5, 5.41) is 2.62. The van der Waals surface area contributed by atoms with Crippen LogP contribution in [0.2, 0.25) is 0 Å². The van der Waals surface area contributed by atoms with Gasteiger partial charge in [-0.2, -0.15) is 0 Å². The maximum Gasteiger partial charge on any atom is 0.139 e. The lowest BCUT2D eigenvalue weighted by atomic mass is 9.77. The summed E-state index contributed by atoms with van der Waals surface area (Å²) in [6.45, 7) is 0. The highest BCUT2D eigenvalue weighted by Crippen LogP contribution is 2.32. The standard InChI is InChI=1S/C13H22O.C10H8/c14-13(11-7-3-1-4-8-11)12-9-5-2-6-10-12;1-2-6-10-8-4-3-7-9(10)5-1/h11-12H,1-10H2;1-8H. The van der Waals surface area contributed by atoms with E-state index in [1.54, 1.807) is 0 Å². The minimum atomic E-state index is 0.451. The van der Waals surface area contributed by atoms with Gasteiger partial charge in [0.05, 0.1) is 0 Å². The molecule has 4 rings (SSSR count). The molecule has 1 heteroatoms. The van der Waals surface area contributed by atoms with Crippen LogP contribution >= 0.6 is 0 Å². The van der Waals surface area contributed by atoms with Gasteiger partial charge in [-0.3, -0.25) is 4.79 Å². The van der Waals surface area contributed by atoms with Crippen molar-refractivity contribution in [3.63, 3.8) is 0 Å². The van der Waals surface area contributed by atoms with Crippen molar-refractivity contribution < 1.29 is 4.79 Å². The first-order valence-electron chi connectivity index (χ1n) is 9.82. The van der Waals surface area contributed by atoms with Crippen LogP contribution in [0, 0.1) is 11.8 Å². The summed E-state index contributed by atoms with van der Waals surface area (Å²) >= 11 is 0. The van der Waals surface area contributed by atoms with Crippen LogP contribution in [0.4, 0.5) is 0 Å². The third kappa shape index (κ3) is 4.69. The van der Waals surface area contributed by atoms with Gasteiger partial charge in [0.2, 0.25) is 0 Å². The molecule has 24 heavy (non-hydrogen) atoms. The quantitative estimate of drug-likeness (QED) is 0.612. The van der Waals surface area contributed by atoms with Crippen molar-refractivity contribution >= 4 is 16.6 Å². The predicted molar refractivity (Wildman–Crippen MR) is 102 cm³/mol. The van der Waals surface area contributed by atoms with Crippen LogP contribution in [0.3, 0.4) is 0 Å². The zero-order valence-corrected chi connectivity index (χ0v) is 14.8. The van der Waals surface area contributed by atoms with Gasteiger partial charge in [-0.25, -0.2) is 0 Å². The van der Waals surface area contributed by atoms with Crippen LogP contribution in [0.1, 0.15) is 64.2 Å². The second-order valence-electron chi connectivity index (χ2n) is 7.42. The SMILES string of the molecule is O=C(C1CCCCC1)C1CCCCC1.c1ccc2ccccc2c1. The van der Waals surface area contributed by atoms with E-state index in [0.29, 0.717) is 17.6 Å². The van der Waals surface area contributed by atoms with Crippen LogP contribution < -0.4 is 0 Å². The van der Waals surface area contributed by atoms with Crippen molar-refractivity contribution in [1.29, 1.82) is 0 Å². The first kappa shape index (κ1) is 17.2. The summed E-state index contributed by atoms with van der Waals surface area (Å²) in [5.41, 5.74) is 0.